The largest absolute Gasteiger partial charge is 0.416 e. The molecule has 0 aliphatic carbocycles. The number of halogens is 7. The van der Waals surface area contributed by atoms with E-state index in [1.54, 1.807) is 0 Å². The lowest BCUT2D eigenvalue weighted by molar-refractivity contribution is -0.138. The number of alkyl halides is 7. The van der Waals surface area contributed by atoms with Gasteiger partial charge >= 0.3 is 12.4 Å². The lowest BCUT2D eigenvalue weighted by Gasteiger charge is -2.20. The highest BCUT2D eigenvalue weighted by atomic mass is 79.9. The molecule has 0 aliphatic rings. The van der Waals surface area contributed by atoms with E-state index in [2.05, 4.69) is 15.9 Å². The van der Waals surface area contributed by atoms with Gasteiger partial charge in [-0.25, -0.2) is 0 Å². The molecule has 0 aromatic heterocycles. The van der Waals surface area contributed by atoms with Crippen molar-refractivity contribution in [3.05, 3.63) is 70.8 Å². The second-order valence-corrected chi connectivity index (χ2v) is 5.97. The van der Waals surface area contributed by atoms with E-state index in [0.717, 1.165) is 24.3 Å². The predicted molar refractivity (Wildman–Crippen MR) is 84.5 cm³/mol. The van der Waals surface area contributed by atoms with Crippen LogP contribution in [0.2, 0.25) is 0 Å². The summed E-state index contributed by atoms with van der Waals surface area (Å²) < 4.78 is 81.6. The Morgan fingerprint density at radius 3 is 1.36 bits per heavy atom. The van der Waals surface area contributed by atoms with Gasteiger partial charge in [0.15, 0.2) is 0 Å². The van der Waals surface area contributed by atoms with Crippen LogP contribution in [0.1, 0.15) is 28.4 Å². The first-order valence-corrected chi connectivity index (χ1v) is 8.27. The highest BCUT2D eigenvalue weighted by Crippen LogP contribution is 2.34. The summed E-state index contributed by atoms with van der Waals surface area (Å²) in [6, 6.07) is 8.74. The van der Waals surface area contributed by atoms with Gasteiger partial charge in [-0.1, -0.05) is 40.2 Å². The molecule has 0 saturated carbocycles. The maximum Gasteiger partial charge on any atom is 0.416 e. The summed E-state index contributed by atoms with van der Waals surface area (Å²) in [4.78, 5) is 0. The summed E-state index contributed by atoms with van der Waals surface area (Å²) in [5.41, 5.74) is -0.756. The van der Waals surface area contributed by atoms with Crippen molar-refractivity contribution < 1.29 is 31.1 Å². The standard InChI is InChI=1S/C17H13BrF6O/c18-9-10-25-15(11-1-5-13(6-2-11)16(19,20)21)12-3-7-14(8-4-12)17(22,23)24/h1-8,15H,9-10H2. The molecule has 0 spiro atoms. The molecular weight excluding hydrogens is 414 g/mol. The van der Waals surface area contributed by atoms with Crippen LogP contribution >= 0.6 is 15.9 Å². The molecule has 0 N–H and O–H groups in total. The van der Waals surface area contributed by atoms with Gasteiger partial charge in [-0.3, -0.25) is 0 Å². The fourth-order valence-corrected chi connectivity index (χ4v) is 2.43. The van der Waals surface area contributed by atoms with Gasteiger partial charge in [0.1, 0.15) is 6.10 Å². The Bertz CT molecular complexity index is 619. The molecule has 0 heterocycles. The van der Waals surface area contributed by atoms with Gasteiger partial charge in [-0.2, -0.15) is 26.3 Å². The molecule has 25 heavy (non-hydrogen) atoms. The quantitative estimate of drug-likeness (QED) is 0.407. The lowest BCUT2D eigenvalue weighted by atomic mass is 9.99. The Hall–Kier alpha value is -1.54. The van der Waals surface area contributed by atoms with Crippen LogP contribution in [0.3, 0.4) is 0 Å². The van der Waals surface area contributed by atoms with Gasteiger partial charge in [0, 0.05) is 5.33 Å². The Morgan fingerprint density at radius 2 is 1.08 bits per heavy atom. The molecule has 0 unspecified atom stereocenters. The van der Waals surface area contributed by atoms with Gasteiger partial charge in [0.05, 0.1) is 17.7 Å². The third-order valence-electron chi connectivity index (χ3n) is 3.44. The second kappa shape index (κ2) is 7.78. The van der Waals surface area contributed by atoms with E-state index in [-0.39, 0.29) is 6.61 Å². The average Bonchev–Trinajstić information content (AvgIpc) is 2.54. The summed E-state index contributed by atoms with van der Waals surface area (Å²) >= 11 is 3.18. The van der Waals surface area contributed by atoms with Crippen molar-refractivity contribution in [2.45, 2.75) is 18.5 Å². The summed E-state index contributed by atoms with van der Waals surface area (Å²) in [5, 5.41) is 0.477. The van der Waals surface area contributed by atoms with Crippen LogP contribution in [0, 0.1) is 0 Å². The van der Waals surface area contributed by atoms with Crippen LogP contribution in [0.4, 0.5) is 26.3 Å². The second-order valence-electron chi connectivity index (χ2n) is 5.18. The van der Waals surface area contributed by atoms with Crippen LogP contribution in [0.15, 0.2) is 48.5 Å². The van der Waals surface area contributed by atoms with Crippen molar-refractivity contribution in [1.82, 2.24) is 0 Å². The molecule has 0 amide bonds. The summed E-state index contributed by atoms with van der Waals surface area (Å²) in [6.45, 7) is 0.243. The minimum atomic E-state index is -4.46. The van der Waals surface area contributed by atoms with Crippen LogP contribution in [0.25, 0.3) is 0 Å². The van der Waals surface area contributed by atoms with E-state index in [1.165, 1.54) is 24.3 Å². The number of benzene rings is 2. The van der Waals surface area contributed by atoms with Crippen molar-refractivity contribution in [3.8, 4) is 0 Å². The third kappa shape index (κ3) is 5.22. The van der Waals surface area contributed by atoms with E-state index >= 15 is 0 Å². The summed E-state index contributed by atoms with van der Waals surface area (Å²) in [7, 11) is 0. The van der Waals surface area contributed by atoms with E-state index < -0.39 is 29.6 Å². The molecule has 0 bridgehead atoms. The summed E-state index contributed by atoms with van der Waals surface area (Å²) in [6.07, 6.45) is -9.68. The molecule has 1 nitrogen and oxygen atoms in total. The Balaban J connectivity index is 2.32. The van der Waals surface area contributed by atoms with Gasteiger partial charge in [-0.05, 0) is 35.4 Å². The first-order valence-electron chi connectivity index (χ1n) is 7.15. The topological polar surface area (TPSA) is 9.23 Å². The number of hydrogen-bond donors (Lipinski definition) is 0. The molecular formula is C17H13BrF6O. The zero-order chi connectivity index (χ0) is 18.7. The fourth-order valence-electron chi connectivity index (χ4n) is 2.24. The number of rotatable bonds is 5. The van der Waals surface area contributed by atoms with E-state index in [1.807, 2.05) is 0 Å². The lowest BCUT2D eigenvalue weighted by Crippen LogP contribution is -2.11. The van der Waals surface area contributed by atoms with Gasteiger partial charge in [-0.15, -0.1) is 0 Å². The van der Waals surface area contributed by atoms with Crippen molar-refractivity contribution >= 4 is 15.9 Å². The number of ether oxygens (including phenoxy) is 1. The Labute approximate surface area is 148 Å². The molecule has 0 saturated heterocycles. The summed E-state index contributed by atoms with van der Waals surface area (Å²) in [5.74, 6) is 0. The zero-order valence-corrected chi connectivity index (χ0v) is 14.3. The van der Waals surface area contributed by atoms with Gasteiger partial charge < -0.3 is 4.74 Å². The molecule has 0 fully saturated rings. The average molecular weight is 427 g/mol. The smallest absolute Gasteiger partial charge is 0.368 e. The van der Waals surface area contributed by atoms with E-state index in [4.69, 9.17) is 4.74 Å². The minimum Gasteiger partial charge on any atom is -0.368 e. The highest BCUT2D eigenvalue weighted by Gasteiger charge is 2.31. The Morgan fingerprint density at radius 1 is 0.720 bits per heavy atom. The molecule has 2 aromatic rings. The van der Waals surface area contributed by atoms with Crippen LogP contribution in [-0.2, 0) is 17.1 Å². The maximum absolute atomic E-state index is 12.7. The number of hydrogen-bond acceptors (Lipinski definition) is 1. The fraction of sp³-hybridized carbons (Fsp3) is 0.294. The van der Waals surface area contributed by atoms with Crippen molar-refractivity contribution in [2.75, 3.05) is 11.9 Å². The molecule has 136 valence electrons. The highest BCUT2D eigenvalue weighted by molar-refractivity contribution is 9.09. The first-order chi connectivity index (χ1) is 11.6. The molecule has 2 aromatic carbocycles. The van der Waals surface area contributed by atoms with Crippen LogP contribution < -0.4 is 0 Å². The molecule has 0 atom stereocenters. The van der Waals surface area contributed by atoms with Crippen LogP contribution in [-0.4, -0.2) is 11.9 Å². The maximum atomic E-state index is 12.7. The van der Waals surface area contributed by atoms with E-state index in [9.17, 15) is 26.3 Å². The molecule has 0 radical (unpaired) electrons. The Kier molecular flexibility index (Phi) is 6.16. The zero-order valence-electron chi connectivity index (χ0n) is 12.7. The monoisotopic (exact) mass is 426 g/mol. The molecule has 2 rings (SSSR count). The first kappa shape index (κ1) is 19.8. The van der Waals surface area contributed by atoms with Crippen molar-refractivity contribution in [1.29, 1.82) is 0 Å². The van der Waals surface area contributed by atoms with Crippen molar-refractivity contribution in [3.63, 3.8) is 0 Å². The third-order valence-corrected chi connectivity index (χ3v) is 3.77. The van der Waals surface area contributed by atoms with Crippen molar-refractivity contribution in [2.24, 2.45) is 0 Å². The van der Waals surface area contributed by atoms with Gasteiger partial charge in [0.25, 0.3) is 0 Å². The van der Waals surface area contributed by atoms with E-state index in [0.29, 0.717) is 16.5 Å². The minimum absolute atomic E-state index is 0.243. The van der Waals surface area contributed by atoms with Crippen LogP contribution in [0.5, 0.6) is 0 Å². The van der Waals surface area contributed by atoms with Gasteiger partial charge in [0.2, 0.25) is 0 Å². The molecule has 0 aliphatic heterocycles. The molecule has 8 heteroatoms. The normalized spacial score (nSPS) is 12.6. The SMILES string of the molecule is FC(F)(F)c1ccc(C(OCCBr)c2ccc(C(F)(F)F)cc2)cc1. The predicted octanol–water partition coefficient (Wildman–Crippen LogP) is 6.23.